The van der Waals surface area contributed by atoms with E-state index in [4.69, 9.17) is 0 Å². The Balaban J connectivity index is 0.00000180. The predicted octanol–water partition coefficient (Wildman–Crippen LogP) is 2.90. The molecule has 1 aromatic rings. The number of likely N-dealkylation sites (N-methyl/N-ethyl adjacent to an activating group) is 1. The van der Waals surface area contributed by atoms with E-state index in [-0.39, 0.29) is 12.4 Å². The second-order valence-corrected chi connectivity index (χ2v) is 4.67. The van der Waals surface area contributed by atoms with Crippen LogP contribution in [0, 0.1) is 6.92 Å². The minimum Gasteiger partial charge on any atom is -0.378 e. The van der Waals surface area contributed by atoms with Crippen molar-refractivity contribution in [1.29, 1.82) is 0 Å². The molecular weight excluding hydrogens is 258 g/mol. The summed E-state index contributed by atoms with van der Waals surface area (Å²) < 4.78 is 0. The van der Waals surface area contributed by atoms with Crippen LogP contribution in [0.3, 0.4) is 0 Å². The van der Waals surface area contributed by atoms with E-state index in [9.17, 15) is 0 Å². The molecule has 0 fully saturated rings. The van der Waals surface area contributed by atoms with Gasteiger partial charge in [-0.05, 0) is 30.5 Å². The van der Waals surface area contributed by atoms with Gasteiger partial charge in [-0.3, -0.25) is 4.99 Å². The molecule has 0 amide bonds. The molecule has 104 valence electrons. The number of aryl methyl sites for hydroxylation is 1. The van der Waals surface area contributed by atoms with Crippen molar-refractivity contribution in [3.63, 3.8) is 0 Å². The Morgan fingerprint density at radius 1 is 1.47 bits per heavy atom. The maximum atomic E-state index is 4.49. The Kier molecular flexibility index (Phi) is 5.90. The van der Waals surface area contributed by atoms with Gasteiger partial charge in [0.1, 0.15) is 5.84 Å². The van der Waals surface area contributed by atoms with Gasteiger partial charge in [0.25, 0.3) is 0 Å². The minimum atomic E-state index is 0. The standard InChI is InChI=1S/C15H21N3.ClH/c1-4-6-13-12(2)7-5-8-14(13)17-11-15-16-9-10-18(15)3;/h4-5,7-8,17H,1,6,9-11H2,2-3H3;1H. The molecule has 1 aliphatic heterocycles. The maximum absolute atomic E-state index is 4.49. The van der Waals surface area contributed by atoms with Gasteiger partial charge in [-0.2, -0.15) is 0 Å². The number of benzene rings is 1. The number of halogens is 1. The summed E-state index contributed by atoms with van der Waals surface area (Å²) in [5.74, 6) is 1.14. The second kappa shape index (κ2) is 7.19. The van der Waals surface area contributed by atoms with Gasteiger partial charge in [0.2, 0.25) is 0 Å². The van der Waals surface area contributed by atoms with Gasteiger partial charge in [-0.1, -0.05) is 18.2 Å². The highest BCUT2D eigenvalue weighted by Crippen LogP contribution is 2.20. The summed E-state index contributed by atoms with van der Waals surface area (Å²) in [4.78, 5) is 6.69. The fraction of sp³-hybridized carbons (Fsp3) is 0.400. The summed E-state index contributed by atoms with van der Waals surface area (Å²) in [6.45, 7) is 8.72. The molecule has 0 aliphatic carbocycles. The molecule has 0 aromatic heterocycles. The highest BCUT2D eigenvalue weighted by molar-refractivity contribution is 5.87. The van der Waals surface area contributed by atoms with E-state index >= 15 is 0 Å². The van der Waals surface area contributed by atoms with Gasteiger partial charge in [0.15, 0.2) is 0 Å². The molecule has 1 N–H and O–H groups in total. The van der Waals surface area contributed by atoms with Crippen molar-refractivity contribution < 1.29 is 0 Å². The number of aliphatic imine (C=N–C) groups is 1. The van der Waals surface area contributed by atoms with E-state index in [0.29, 0.717) is 0 Å². The average Bonchev–Trinajstić information content (AvgIpc) is 2.76. The summed E-state index contributed by atoms with van der Waals surface area (Å²) >= 11 is 0. The SMILES string of the molecule is C=CCc1c(C)cccc1NCC1=NCCN1C.Cl. The van der Waals surface area contributed by atoms with Crippen LogP contribution < -0.4 is 5.32 Å². The summed E-state index contributed by atoms with van der Waals surface area (Å²) in [5, 5.41) is 3.49. The summed E-state index contributed by atoms with van der Waals surface area (Å²) in [7, 11) is 2.09. The molecule has 1 aromatic carbocycles. The monoisotopic (exact) mass is 279 g/mol. The Bertz CT molecular complexity index is 468. The van der Waals surface area contributed by atoms with Crippen molar-refractivity contribution in [2.75, 3.05) is 32.0 Å². The first-order valence-electron chi connectivity index (χ1n) is 6.40. The van der Waals surface area contributed by atoms with Crippen molar-refractivity contribution in [3.8, 4) is 0 Å². The smallest absolute Gasteiger partial charge is 0.118 e. The van der Waals surface area contributed by atoms with Gasteiger partial charge in [0.05, 0.1) is 13.1 Å². The number of rotatable bonds is 5. The molecule has 1 heterocycles. The molecule has 0 radical (unpaired) electrons. The maximum Gasteiger partial charge on any atom is 0.118 e. The third-order valence-electron chi connectivity index (χ3n) is 3.37. The zero-order chi connectivity index (χ0) is 13.0. The van der Waals surface area contributed by atoms with E-state index < -0.39 is 0 Å². The van der Waals surface area contributed by atoms with Crippen molar-refractivity contribution >= 4 is 23.9 Å². The van der Waals surface area contributed by atoms with E-state index in [0.717, 1.165) is 31.9 Å². The van der Waals surface area contributed by atoms with Crippen LogP contribution in [-0.2, 0) is 6.42 Å². The molecule has 3 nitrogen and oxygen atoms in total. The third-order valence-corrected chi connectivity index (χ3v) is 3.37. The third kappa shape index (κ3) is 3.74. The average molecular weight is 280 g/mol. The Labute approximate surface area is 121 Å². The lowest BCUT2D eigenvalue weighted by Crippen LogP contribution is -2.29. The lowest BCUT2D eigenvalue weighted by molar-refractivity contribution is 0.551. The van der Waals surface area contributed by atoms with Gasteiger partial charge in [-0.25, -0.2) is 0 Å². The first-order chi connectivity index (χ1) is 8.72. The van der Waals surface area contributed by atoms with Crippen LogP contribution in [0.4, 0.5) is 5.69 Å². The van der Waals surface area contributed by atoms with E-state index in [2.05, 4.69) is 54.0 Å². The number of allylic oxidation sites excluding steroid dienone is 1. The number of nitrogens with zero attached hydrogens (tertiary/aromatic N) is 2. The van der Waals surface area contributed by atoms with E-state index in [1.807, 2.05) is 6.08 Å². The zero-order valence-corrected chi connectivity index (χ0v) is 12.5. The molecule has 0 atom stereocenters. The summed E-state index contributed by atoms with van der Waals surface area (Å²) in [5.41, 5.74) is 3.83. The number of amidine groups is 1. The first kappa shape index (κ1) is 15.6. The molecule has 0 saturated heterocycles. The van der Waals surface area contributed by atoms with Crippen molar-refractivity contribution in [2.45, 2.75) is 13.3 Å². The molecule has 0 bridgehead atoms. The Morgan fingerprint density at radius 3 is 2.89 bits per heavy atom. The van der Waals surface area contributed by atoms with Crippen LogP contribution in [0.25, 0.3) is 0 Å². The van der Waals surface area contributed by atoms with Crippen molar-refractivity contribution in [2.24, 2.45) is 4.99 Å². The molecule has 1 aliphatic rings. The normalized spacial score (nSPS) is 13.8. The van der Waals surface area contributed by atoms with Crippen LogP contribution in [0.1, 0.15) is 11.1 Å². The molecule has 0 spiro atoms. The number of anilines is 1. The number of hydrogen-bond acceptors (Lipinski definition) is 3. The molecular formula is C15H22ClN3. The quantitative estimate of drug-likeness (QED) is 0.840. The lowest BCUT2D eigenvalue weighted by Gasteiger charge is -2.17. The summed E-state index contributed by atoms with van der Waals surface area (Å²) in [6.07, 6.45) is 2.85. The summed E-state index contributed by atoms with van der Waals surface area (Å²) in [6, 6.07) is 6.36. The zero-order valence-electron chi connectivity index (χ0n) is 11.6. The molecule has 0 unspecified atom stereocenters. The Morgan fingerprint density at radius 2 is 2.26 bits per heavy atom. The predicted molar refractivity (Wildman–Crippen MR) is 85.7 cm³/mol. The number of hydrogen-bond donors (Lipinski definition) is 1. The van der Waals surface area contributed by atoms with Crippen molar-refractivity contribution in [1.82, 2.24) is 4.90 Å². The van der Waals surface area contributed by atoms with Crippen LogP contribution in [0.5, 0.6) is 0 Å². The topological polar surface area (TPSA) is 27.6 Å². The van der Waals surface area contributed by atoms with Gasteiger partial charge in [0, 0.05) is 19.3 Å². The van der Waals surface area contributed by atoms with Crippen LogP contribution in [0.2, 0.25) is 0 Å². The second-order valence-electron chi connectivity index (χ2n) is 4.67. The van der Waals surface area contributed by atoms with Crippen LogP contribution in [0.15, 0.2) is 35.8 Å². The first-order valence-corrected chi connectivity index (χ1v) is 6.40. The molecule has 19 heavy (non-hydrogen) atoms. The van der Waals surface area contributed by atoms with Gasteiger partial charge in [-0.15, -0.1) is 19.0 Å². The van der Waals surface area contributed by atoms with Crippen LogP contribution in [-0.4, -0.2) is 37.4 Å². The highest BCUT2D eigenvalue weighted by atomic mass is 35.5. The van der Waals surface area contributed by atoms with Crippen LogP contribution >= 0.6 is 12.4 Å². The Hall–Kier alpha value is -1.48. The fourth-order valence-electron chi connectivity index (χ4n) is 2.23. The number of nitrogens with one attached hydrogen (secondary N) is 1. The minimum absolute atomic E-state index is 0. The highest BCUT2D eigenvalue weighted by Gasteiger charge is 2.12. The van der Waals surface area contributed by atoms with Crippen molar-refractivity contribution in [3.05, 3.63) is 42.0 Å². The largest absolute Gasteiger partial charge is 0.378 e. The molecule has 2 rings (SSSR count). The van der Waals surface area contributed by atoms with Gasteiger partial charge >= 0.3 is 0 Å². The van der Waals surface area contributed by atoms with E-state index in [1.165, 1.54) is 16.8 Å². The lowest BCUT2D eigenvalue weighted by atomic mass is 10.0. The molecule has 4 heteroatoms. The molecule has 0 saturated carbocycles. The fourth-order valence-corrected chi connectivity index (χ4v) is 2.23. The van der Waals surface area contributed by atoms with E-state index in [1.54, 1.807) is 0 Å². The van der Waals surface area contributed by atoms with Gasteiger partial charge < -0.3 is 10.2 Å².